The van der Waals surface area contributed by atoms with Crippen LogP contribution >= 0.6 is 0 Å². The van der Waals surface area contributed by atoms with Gasteiger partial charge in [0.25, 0.3) is 0 Å². The molecule has 2 aliphatic carbocycles. The molecule has 4 rings (SSSR count). The number of ether oxygens (including phenoxy) is 1. The Morgan fingerprint density at radius 3 is 2.92 bits per heavy atom. The van der Waals surface area contributed by atoms with Gasteiger partial charge in [0.15, 0.2) is 5.82 Å². The highest BCUT2D eigenvalue weighted by Crippen LogP contribution is 2.56. The van der Waals surface area contributed by atoms with E-state index < -0.39 is 0 Å². The van der Waals surface area contributed by atoms with E-state index in [4.69, 9.17) is 4.74 Å². The Bertz CT molecular complexity index is 637. The lowest BCUT2D eigenvalue weighted by atomic mass is 9.60. The summed E-state index contributed by atoms with van der Waals surface area (Å²) in [6.45, 7) is 4.23. The monoisotopic (exact) mass is 347 g/mol. The Kier molecular flexibility index (Phi) is 4.43. The van der Waals surface area contributed by atoms with Crippen molar-refractivity contribution >= 4 is 6.03 Å². The van der Waals surface area contributed by atoms with Gasteiger partial charge in [0.05, 0.1) is 12.6 Å². The van der Waals surface area contributed by atoms with Gasteiger partial charge < -0.3 is 19.5 Å². The van der Waals surface area contributed by atoms with Gasteiger partial charge in [0.2, 0.25) is 0 Å². The Hall–Kier alpha value is -1.63. The van der Waals surface area contributed by atoms with E-state index in [9.17, 15) is 4.79 Å². The number of nitrogens with zero attached hydrogens (tertiary/aromatic N) is 4. The number of fused-ring (bicyclic) bond motifs is 1. The Balaban J connectivity index is 1.37. The van der Waals surface area contributed by atoms with E-state index in [-0.39, 0.29) is 17.5 Å². The minimum absolute atomic E-state index is 0.0124. The average Bonchev–Trinajstić information content (AvgIpc) is 3.33. The maximum absolute atomic E-state index is 12.7. The van der Waals surface area contributed by atoms with Gasteiger partial charge in [-0.15, -0.1) is 10.2 Å². The second-order valence-electron chi connectivity index (χ2n) is 7.69. The smallest absolute Gasteiger partial charge is 0.317 e. The van der Waals surface area contributed by atoms with Crippen molar-refractivity contribution in [2.24, 2.45) is 5.41 Å². The van der Waals surface area contributed by atoms with Crippen LogP contribution in [0.3, 0.4) is 0 Å². The highest BCUT2D eigenvalue weighted by Gasteiger charge is 2.58. The molecule has 0 unspecified atom stereocenters. The fourth-order valence-corrected chi connectivity index (χ4v) is 5.16. The lowest BCUT2D eigenvalue weighted by molar-refractivity contribution is -0.151. The minimum Gasteiger partial charge on any atom is -0.378 e. The van der Waals surface area contributed by atoms with Gasteiger partial charge in [-0.2, -0.15) is 0 Å². The van der Waals surface area contributed by atoms with E-state index in [1.807, 2.05) is 11.9 Å². The molecule has 0 bridgehead atoms. The summed E-state index contributed by atoms with van der Waals surface area (Å²) in [5.41, 5.74) is 0.179. The predicted molar refractivity (Wildman–Crippen MR) is 93.1 cm³/mol. The van der Waals surface area contributed by atoms with Crippen molar-refractivity contribution in [1.29, 1.82) is 0 Å². The fourth-order valence-electron chi connectivity index (χ4n) is 5.16. The zero-order valence-electron chi connectivity index (χ0n) is 15.3. The molecule has 2 heterocycles. The van der Waals surface area contributed by atoms with Crippen LogP contribution in [0.15, 0.2) is 0 Å². The van der Waals surface area contributed by atoms with Crippen LogP contribution in [0.1, 0.15) is 57.1 Å². The molecule has 7 heteroatoms. The van der Waals surface area contributed by atoms with E-state index >= 15 is 0 Å². The van der Waals surface area contributed by atoms with E-state index in [0.29, 0.717) is 12.6 Å². The normalized spacial score (nSPS) is 26.5. The highest BCUT2D eigenvalue weighted by molar-refractivity contribution is 5.74. The van der Waals surface area contributed by atoms with Crippen molar-refractivity contribution in [3.63, 3.8) is 0 Å². The number of aromatic nitrogens is 3. The van der Waals surface area contributed by atoms with E-state index in [1.165, 1.54) is 25.7 Å². The quantitative estimate of drug-likeness (QED) is 0.885. The number of urea groups is 1. The molecule has 0 radical (unpaired) electrons. The second kappa shape index (κ2) is 6.59. The molecule has 2 saturated carbocycles. The first-order chi connectivity index (χ1) is 12.2. The number of amides is 2. The zero-order valence-corrected chi connectivity index (χ0v) is 15.3. The van der Waals surface area contributed by atoms with Crippen LogP contribution in [0.2, 0.25) is 0 Å². The summed E-state index contributed by atoms with van der Waals surface area (Å²) in [5, 5.41) is 11.5. The van der Waals surface area contributed by atoms with Crippen LogP contribution in [0.5, 0.6) is 0 Å². The summed E-state index contributed by atoms with van der Waals surface area (Å²) >= 11 is 0. The zero-order chi connectivity index (χ0) is 17.4. The molecule has 1 aromatic heterocycles. The summed E-state index contributed by atoms with van der Waals surface area (Å²) in [7, 11) is 1.93. The minimum atomic E-state index is -0.0124. The Morgan fingerprint density at radius 2 is 2.16 bits per heavy atom. The van der Waals surface area contributed by atoms with Gasteiger partial charge >= 0.3 is 6.03 Å². The standard InChI is InChI=1S/C18H29N5O2/c1-3-25-14-11-13(18(14)8-4-5-9-18)22(2)17(24)19-12-16-21-20-15-7-6-10-23(15)16/h13-14H,3-12H2,1-2H3,(H,19,24)/t13-,14+/m0/s1. The molecule has 138 valence electrons. The SMILES string of the molecule is CCO[C@@H]1C[C@H](N(C)C(=O)NCc2nnc3n2CCC3)C12CCCC2. The number of hydrogen-bond acceptors (Lipinski definition) is 4. The van der Waals surface area contributed by atoms with Crippen LogP contribution in [-0.2, 0) is 24.2 Å². The molecular formula is C18H29N5O2. The number of carbonyl (C=O) groups excluding carboxylic acids is 1. The first kappa shape index (κ1) is 16.8. The predicted octanol–water partition coefficient (Wildman–Crippen LogP) is 2.10. The molecule has 2 amide bonds. The summed E-state index contributed by atoms with van der Waals surface area (Å²) in [6, 6.07) is 0.275. The number of hydrogen-bond donors (Lipinski definition) is 1. The topological polar surface area (TPSA) is 72.3 Å². The van der Waals surface area contributed by atoms with Crippen molar-refractivity contribution in [3.05, 3.63) is 11.6 Å². The average molecular weight is 347 g/mol. The van der Waals surface area contributed by atoms with Gasteiger partial charge in [-0.1, -0.05) is 12.8 Å². The van der Waals surface area contributed by atoms with Gasteiger partial charge in [0, 0.05) is 38.1 Å². The molecule has 1 aromatic rings. The first-order valence-electron chi connectivity index (χ1n) is 9.69. The molecule has 2 atom stereocenters. The fraction of sp³-hybridized carbons (Fsp3) is 0.833. The third kappa shape index (κ3) is 2.72. The van der Waals surface area contributed by atoms with Crippen molar-refractivity contribution < 1.29 is 9.53 Å². The van der Waals surface area contributed by atoms with Crippen LogP contribution in [0.25, 0.3) is 0 Å². The van der Waals surface area contributed by atoms with Crippen LogP contribution in [-0.4, -0.2) is 51.5 Å². The van der Waals surface area contributed by atoms with Gasteiger partial charge in [0.1, 0.15) is 5.82 Å². The molecule has 1 spiro atoms. The van der Waals surface area contributed by atoms with Crippen molar-refractivity contribution in [1.82, 2.24) is 25.0 Å². The number of carbonyl (C=O) groups is 1. The highest BCUT2D eigenvalue weighted by atomic mass is 16.5. The summed E-state index contributed by atoms with van der Waals surface area (Å²) < 4.78 is 8.10. The molecule has 0 saturated heterocycles. The van der Waals surface area contributed by atoms with Crippen molar-refractivity contribution in [2.75, 3.05) is 13.7 Å². The lowest BCUT2D eigenvalue weighted by Crippen LogP contribution is -2.65. The number of aryl methyl sites for hydroxylation is 1. The van der Waals surface area contributed by atoms with Crippen molar-refractivity contribution in [3.8, 4) is 0 Å². The summed E-state index contributed by atoms with van der Waals surface area (Å²) in [6.07, 6.45) is 8.25. The van der Waals surface area contributed by atoms with Gasteiger partial charge in [-0.3, -0.25) is 0 Å². The van der Waals surface area contributed by atoms with Gasteiger partial charge in [-0.05, 0) is 32.6 Å². The first-order valence-corrected chi connectivity index (χ1v) is 9.69. The van der Waals surface area contributed by atoms with Crippen LogP contribution in [0, 0.1) is 5.41 Å². The Labute approximate surface area is 149 Å². The molecule has 0 aromatic carbocycles. The molecule has 7 nitrogen and oxygen atoms in total. The van der Waals surface area contributed by atoms with E-state index in [0.717, 1.165) is 44.1 Å². The molecule has 1 aliphatic heterocycles. The van der Waals surface area contributed by atoms with E-state index in [2.05, 4.69) is 27.0 Å². The van der Waals surface area contributed by atoms with E-state index in [1.54, 1.807) is 0 Å². The number of rotatable bonds is 5. The summed E-state index contributed by atoms with van der Waals surface area (Å²) in [5.74, 6) is 1.91. The maximum Gasteiger partial charge on any atom is 0.317 e. The van der Waals surface area contributed by atoms with Crippen LogP contribution in [0.4, 0.5) is 4.79 Å². The second-order valence-corrected chi connectivity index (χ2v) is 7.69. The molecule has 2 fully saturated rings. The Morgan fingerprint density at radius 1 is 1.36 bits per heavy atom. The van der Waals surface area contributed by atoms with Crippen LogP contribution < -0.4 is 5.32 Å². The largest absolute Gasteiger partial charge is 0.378 e. The molecular weight excluding hydrogens is 318 g/mol. The maximum atomic E-state index is 12.7. The van der Waals surface area contributed by atoms with Gasteiger partial charge in [-0.25, -0.2) is 4.79 Å². The number of nitrogens with one attached hydrogen (secondary N) is 1. The molecule has 3 aliphatic rings. The lowest BCUT2D eigenvalue weighted by Gasteiger charge is -2.56. The molecule has 25 heavy (non-hydrogen) atoms. The third-order valence-electron chi connectivity index (χ3n) is 6.52. The third-order valence-corrected chi connectivity index (χ3v) is 6.52. The summed E-state index contributed by atoms with van der Waals surface area (Å²) in [4.78, 5) is 14.6. The van der Waals surface area contributed by atoms with Crippen molar-refractivity contribution in [2.45, 2.75) is 77.1 Å². The molecule has 1 N–H and O–H groups in total.